The summed E-state index contributed by atoms with van der Waals surface area (Å²) in [6, 6.07) is 4.33. The molecule has 2 heterocycles. The van der Waals surface area contributed by atoms with Crippen LogP contribution in [0, 0.1) is 0 Å². The summed E-state index contributed by atoms with van der Waals surface area (Å²) in [5.41, 5.74) is 4.49. The van der Waals surface area contributed by atoms with Gasteiger partial charge in [0.05, 0.1) is 26.3 Å². The number of nitrogens with zero attached hydrogens (tertiary/aromatic N) is 2. The maximum Gasteiger partial charge on any atom is 0.249 e. The number of hydrogen-bond acceptors (Lipinski definition) is 7. The highest BCUT2D eigenvalue weighted by atomic mass is 16.5. The Morgan fingerprint density at radius 1 is 1.31 bits per heavy atom. The molecule has 2 amide bonds. The molecule has 0 aromatic heterocycles. The van der Waals surface area contributed by atoms with Gasteiger partial charge < -0.3 is 14.8 Å². The van der Waals surface area contributed by atoms with E-state index >= 15 is 0 Å². The van der Waals surface area contributed by atoms with Crippen molar-refractivity contribution in [2.75, 3.05) is 19.5 Å². The molecule has 138 valence electrons. The number of ether oxygens (including phenoxy) is 2. The van der Waals surface area contributed by atoms with Gasteiger partial charge in [0.15, 0.2) is 0 Å². The van der Waals surface area contributed by atoms with Crippen LogP contribution in [0.1, 0.15) is 20.3 Å². The van der Waals surface area contributed by atoms with Gasteiger partial charge in [-0.2, -0.15) is 4.99 Å². The minimum Gasteiger partial charge on any atom is -0.497 e. The van der Waals surface area contributed by atoms with Crippen LogP contribution in [0.5, 0.6) is 11.5 Å². The molecule has 0 aliphatic carbocycles. The highest BCUT2D eigenvalue weighted by Crippen LogP contribution is 2.29. The van der Waals surface area contributed by atoms with Crippen LogP contribution in [0.4, 0.5) is 5.69 Å². The van der Waals surface area contributed by atoms with Crippen molar-refractivity contribution >= 4 is 23.5 Å². The number of hydrazine groups is 1. The molecular formula is C17H21N5O4. The third-order valence-corrected chi connectivity index (χ3v) is 4.06. The highest BCUT2D eigenvalue weighted by molar-refractivity contribution is 6.08. The molecule has 1 aromatic carbocycles. The van der Waals surface area contributed by atoms with Crippen LogP contribution < -0.4 is 25.5 Å². The average molecular weight is 359 g/mol. The second-order valence-electron chi connectivity index (χ2n) is 6.09. The molecule has 9 nitrogen and oxygen atoms in total. The molecule has 0 radical (unpaired) electrons. The van der Waals surface area contributed by atoms with Gasteiger partial charge in [0.2, 0.25) is 17.8 Å². The monoisotopic (exact) mass is 359 g/mol. The lowest BCUT2D eigenvalue weighted by atomic mass is 10.1. The topological polar surface area (TPSA) is 104 Å². The van der Waals surface area contributed by atoms with E-state index in [4.69, 9.17) is 9.47 Å². The van der Waals surface area contributed by atoms with Crippen LogP contribution in [0.3, 0.4) is 0 Å². The van der Waals surface area contributed by atoms with E-state index in [9.17, 15) is 9.59 Å². The average Bonchev–Trinajstić information content (AvgIpc) is 3.05. The van der Waals surface area contributed by atoms with Crippen molar-refractivity contribution in [1.82, 2.24) is 15.8 Å². The number of guanidine groups is 1. The molecule has 0 bridgehead atoms. The van der Waals surface area contributed by atoms with E-state index in [1.165, 1.54) is 7.11 Å². The molecule has 9 heteroatoms. The number of allylic oxidation sites excluding steroid dienone is 1. The fourth-order valence-electron chi connectivity index (χ4n) is 2.66. The molecule has 2 aliphatic heterocycles. The molecule has 0 unspecified atom stereocenters. The second kappa shape index (κ2) is 6.95. The van der Waals surface area contributed by atoms with Gasteiger partial charge in [-0.1, -0.05) is 0 Å². The van der Waals surface area contributed by atoms with E-state index in [2.05, 4.69) is 21.1 Å². The van der Waals surface area contributed by atoms with Gasteiger partial charge in [-0.05, 0) is 31.6 Å². The summed E-state index contributed by atoms with van der Waals surface area (Å²) >= 11 is 0. The number of methoxy groups -OCH3 is 2. The predicted molar refractivity (Wildman–Crippen MR) is 95.5 cm³/mol. The van der Waals surface area contributed by atoms with E-state index in [0.29, 0.717) is 29.0 Å². The zero-order valence-electron chi connectivity index (χ0n) is 15.0. The fourth-order valence-corrected chi connectivity index (χ4v) is 2.66. The maximum atomic E-state index is 12.8. The largest absolute Gasteiger partial charge is 0.497 e. The van der Waals surface area contributed by atoms with Crippen molar-refractivity contribution in [3.63, 3.8) is 0 Å². The van der Waals surface area contributed by atoms with Crippen LogP contribution in [-0.4, -0.2) is 43.0 Å². The van der Waals surface area contributed by atoms with E-state index < -0.39 is 6.04 Å². The molecule has 26 heavy (non-hydrogen) atoms. The number of amides is 2. The lowest BCUT2D eigenvalue weighted by Gasteiger charge is -2.32. The van der Waals surface area contributed by atoms with Crippen molar-refractivity contribution in [3.8, 4) is 11.5 Å². The third kappa shape index (κ3) is 3.28. The van der Waals surface area contributed by atoms with Crippen molar-refractivity contribution in [1.29, 1.82) is 0 Å². The van der Waals surface area contributed by atoms with Crippen molar-refractivity contribution < 1.29 is 19.1 Å². The fraction of sp³-hybridized carbons (Fsp3) is 0.353. The van der Waals surface area contributed by atoms with Crippen molar-refractivity contribution in [2.45, 2.75) is 26.3 Å². The molecule has 3 N–H and O–H groups in total. The van der Waals surface area contributed by atoms with Gasteiger partial charge in [-0.3, -0.25) is 20.3 Å². The molecule has 1 saturated heterocycles. The Hall–Kier alpha value is -3.23. The summed E-state index contributed by atoms with van der Waals surface area (Å²) in [5, 5.41) is 7.04. The lowest BCUT2D eigenvalue weighted by molar-refractivity contribution is -0.129. The first-order valence-electron chi connectivity index (χ1n) is 8.07. The summed E-state index contributed by atoms with van der Waals surface area (Å²) in [7, 11) is 3.06. The SMILES string of the molecule is COc1ccc(NC(=O)[C@H]2CC(=O)NC3=NC(=C(C)C)NN32)c(OC)c1. The first-order valence-corrected chi connectivity index (χ1v) is 8.07. The maximum absolute atomic E-state index is 12.8. The lowest BCUT2D eigenvalue weighted by Crippen LogP contribution is -2.61. The normalized spacial score (nSPS) is 18.4. The summed E-state index contributed by atoms with van der Waals surface area (Å²) in [4.78, 5) is 29.1. The molecule has 3 rings (SSSR count). The molecule has 0 saturated carbocycles. The third-order valence-electron chi connectivity index (χ3n) is 4.06. The first kappa shape index (κ1) is 17.6. The highest BCUT2D eigenvalue weighted by Gasteiger charge is 2.39. The number of carbonyl (C=O) groups excluding carboxylic acids is 2. The Morgan fingerprint density at radius 3 is 2.73 bits per heavy atom. The zero-order chi connectivity index (χ0) is 18.8. The summed E-state index contributed by atoms with van der Waals surface area (Å²) in [5.74, 6) is 1.39. The smallest absolute Gasteiger partial charge is 0.249 e. The van der Waals surface area contributed by atoms with Gasteiger partial charge in [0.1, 0.15) is 23.4 Å². The molecular weight excluding hydrogens is 338 g/mol. The van der Waals surface area contributed by atoms with Gasteiger partial charge in [0.25, 0.3) is 0 Å². The van der Waals surface area contributed by atoms with Crippen LogP contribution >= 0.6 is 0 Å². The van der Waals surface area contributed by atoms with Crippen LogP contribution in [0.15, 0.2) is 34.6 Å². The summed E-state index contributed by atoms with van der Waals surface area (Å²) in [6.07, 6.45) is 0.00631. The molecule has 1 aromatic rings. The van der Waals surface area contributed by atoms with Crippen LogP contribution in [0.25, 0.3) is 0 Å². The number of hydrogen-bond donors (Lipinski definition) is 3. The Labute approximate surface area is 151 Å². The minimum atomic E-state index is -0.744. The van der Waals surface area contributed by atoms with E-state index in [1.807, 2.05) is 13.8 Å². The zero-order valence-corrected chi connectivity index (χ0v) is 15.0. The quantitative estimate of drug-likeness (QED) is 0.740. The van der Waals surface area contributed by atoms with E-state index in [-0.39, 0.29) is 18.2 Å². The Balaban J connectivity index is 1.83. The minimum absolute atomic E-state index is 0.00631. The summed E-state index contributed by atoms with van der Waals surface area (Å²) in [6.45, 7) is 3.79. The molecule has 2 aliphatic rings. The van der Waals surface area contributed by atoms with Gasteiger partial charge >= 0.3 is 0 Å². The standard InChI is InChI=1S/C17H21N5O4/c1-9(2)15-20-17-19-14(23)8-12(22(17)21-15)16(24)18-11-6-5-10(25-3)7-13(11)26-4/h5-7,12,21H,8H2,1-4H3,(H,18,24)(H,19,20,23)/t12-/m1/s1. The van der Waals surface area contributed by atoms with Crippen LogP contribution in [0.2, 0.25) is 0 Å². The number of aliphatic imine (C=N–C) groups is 1. The second-order valence-corrected chi connectivity index (χ2v) is 6.09. The Kier molecular flexibility index (Phi) is 4.70. The van der Waals surface area contributed by atoms with E-state index in [1.54, 1.807) is 30.3 Å². The summed E-state index contributed by atoms with van der Waals surface area (Å²) < 4.78 is 10.5. The Bertz CT molecular complexity index is 813. The number of rotatable bonds is 4. The number of nitrogens with one attached hydrogen (secondary N) is 3. The number of carbonyl (C=O) groups is 2. The number of benzene rings is 1. The number of fused-ring (bicyclic) bond motifs is 1. The Morgan fingerprint density at radius 2 is 2.08 bits per heavy atom. The van der Waals surface area contributed by atoms with Gasteiger partial charge in [0, 0.05) is 6.07 Å². The molecule has 1 atom stereocenters. The van der Waals surface area contributed by atoms with Crippen LogP contribution in [-0.2, 0) is 9.59 Å². The van der Waals surface area contributed by atoms with Crippen molar-refractivity contribution in [2.24, 2.45) is 4.99 Å². The first-order chi connectivity index (χ1) is 12.4. The van der Waals surface area contributed by atoms with E-state index in [0.717, 1.165) is 5.57 Å². The molecule has 0 spiro atoms. The molecule has 1 fully saturated rings. The number of anilines is 1. The van der Waals surface area contributed by atoms with Gasteiger partial charge in [-0.15, -0.1) is 0 Å². The van der Waals surface area contributed by atoms with Crippen molar-refractivity contribution in [3.05, 3.63) is 29.6 Å². The predicted octanol–water partition coefficient (Wildman–Crippen LogP) is 0.958. The van der Waals surface area contributed by atoms with Gasteiger partial charge in [-0.25, -0.2) is 5.01 Å².